The molecule has 0 atom stereocenters. The van der Waals surface area contributed by atoms with Crippen LogP contribution in [-0.4, -0.2) is 89.4 Å². The van der Waals surface area contributed by atoms with Crippen LogP contribution in [0.25, 0.3) is 5.78 Å². The molecule has 0 unspecified atom stereocenters. The number of fused-ring (bicyclic) bond motifs is 1. The van der Waals surface area contributed by atoms with Gasteiger partial charge in [0.2, 0.25) is 21.9 Å². The van der Waals surface area contributed by atoms with Gasteiger partial charge in [-0.15, -0.1) is 10.2 Å². The molecule has 0 radical (unpaired) electrons. The van der Waals surface area contributed by atoms with Crippen molar-refractivity contribution in [2.75, 3.05) is 55.7 Å². The topological polar surface area (TPSA) is 121 Å². The Labute approximate surface area is 152 Å². The maximum atomic E-state index is 12.0. The van der Waals surface area contributed by atoms with E-state index in [9.17, 15) is 8.42 Å². The van der Waals surface area contributed by atoms with Crippen molar-refractivity contribution in [1.29, 1.82) is 0 Å². The summed E-state index contributed by atoms with van der Waals surface area (Å²) in [6.07, 6.45) is 1.51. The number of rotatable bonds is 7. The van der Waals surface area contributed by atoms with Crippen LogP contribution in [-0.2, 0) is 10.0 Å². The van der Waals surface area contributed by atoms with E-state index in [-0.39, 0.29) is 18.3 Å². The molecular formula is C14H25N9O2S. The average Bonchev–Trinajstić information content (AvgIpc) is 3.02. The number of sulfonamides is 1. The molecule has 0 spiro atoms. The van der Waals surface area contributed by atoms with E-state index >= 15 is 0 Å². The maximum Gasteiger partial charge on any atom is 0.260 e. The first-order valence-electron chi connectivity index (χ1n) is 8.59. The maximum absolute atomic E-state index is 12.0. The molecule has 0 bridgehead atoms. The van der Waals surface area contributed by atoms with Gasteiger partial charge < -0.3 is 15.1 Å². The summed E-state index contributed by atoms with van der Waals surface area (Å²) >= 11 is 0. The van der Waals surface area contributed by atoms with Gasteiger partial charge in [0.05, 0.1) is 5.75 Å². The predicted molar refractivity (Wildman–Crippen MR) is 98.8 cm³/mol. The van der Waals surface area contributed by atoms with Crippen LogP contribution in [0.5, 0.6) is 0 Å². The number of hydrogen-bond donors (Lipinski definition) is 2. The molecule has 3 heterocycles. The summed E-state index contributed by atoms with van der Waals surface area (Å²) in [7, 11) is -1.26. The summed E-state index contributed by atoms with van der Waals surface area (Å²) in [4.78, 5) is 13.4. The summed E-state index contributed by atoms with van der Waals surface area (Å²) in [6, 6.07) is -0.132. The second-order valence-electron chi connectivity index (χ2n) is 6.66. The summed E-state index contributed by atoms with van der Waals surface area (Å²) in [5.74, 6) is 1.43. The van der Waals surface area contributed by atoms with Crippen LogP contribution in [0.2, 0.25) is 0 Å². The third kappa shape index (κ3) is 4.56. The standard InChI is InChI=1S/C14H25N9O2S/c1-11(2)20-26(24,25)9-4-15-12-17-13(18-14-19-16-10-23(12)14)22-7-5-21(3)6-8-22/h10-11,20H,4-9H2,1-3H3,(H,15,17,18,19). The van der Waals surface area contributed by atoms with Crippen molar-refractivity contribution in [2.45, 2.75) is 19.9 Å². The second-order valence-corrected chi connectivity index (χ2v) is 8.53. The lowest BCUT2D eigenvalue weighted by Crippen LogP contribution is -2.45. The zero-order chi connectivity index (χ0) is 18.7. The van der Waals surface area contributed by atoms with Crippen molar-refractivity contribution in [2.24, 2.45) is 0 Å². The number of likely N-dealkylation sites (N-methyl/N-ethyl adjacent to an activating group) is 1. The molecule has 2 aromatic rings. The first kappa shape index (κ1) is 18.7. The van der Waals surface area contributed by atoms with Gasteiger partial charge in [0.15, 0.2) is 0 Å². The molecule has 3 rings (SSSR count). The Bertz CT molecular complexity index is 843. The highest BCUT2D eigenvalue weighted by atomic mass is 32.2. The number of piperazine rings is 1. The van der Waals surface area contributed by atoms with Gasteiger partial charge in [-0.25, -0.2) is 17.5 Å². The van der Waals surface area contributed by atoms with Crippen molar-refractivity contribution in [3.63, 3.8) is 0 Å². The third-order valence-corrected chi connectivity index (χ3v) is 5.59. The smallest absolute Gasteiger partial charge is 0.260 e. The highest BCUT2D eigenvalue weighted by Gasteiger charge is 2.19. The quantitative estimate of drug-likeness (QED) is 0.621. The van der Waals surface area contributed by atoms with Crippen molar-refractivity contribution in [1.82, 2.24) is 34.2 Å². The summed E-state index contributed by atoms with van der Waals surface area (Å²) in [5, 5.41) is 10.9. The van der Waals surface area contributed by atoms with Crippen LogP contribution < -0.4 is 14.9 Å². The van der Waals surface area contributed by atoms with E-state index in [0.717, 1.165) is 26.2 Å². The molecule has 1 saturated heterocycles. The lowest BCUT2D eigenvalue weighted by Gasteiger charge is -2.32. The molecule has 0 saturated carbocycles. The van der Waals surface area contributed by atoms with Crippen molar-refractivity contribution < 1.29 is 8.42 Å². The molecule has 2 aromatic heterocycles. The zero-order valence-electron chi connectivity index (χ0n) is 15.3. The Kier molecular flexibility index (Phi) is 5.53. The molecule has 2 N–H and O–H groups in total. The number of anilines is 2. The van der Waals surface area contributed by atoms with E-state index in [0.29, 0.717) is 17.7 Å². The van der Waals surface area contributed by atoms with Gasteiger partial charge in [-0.05, 0) is 20.9 Å². The average molecular weight is 383 g/mol. The summed E-state index contributed by atoms with van der Waals surface area (Å²) in [6.45, 7) is 7.32. The van der Waals surface area contributed by atoms with Crippen LogP contribution >= 0.6 is 0 Å². The number of nitrogens with one attached hydrogen (secondary N) is 2. The molecule has 0 aromatic carbocycles. The van der Waals surface area contributed by atoms with Crippen molar-refractivity contribution in [3.8, 4) is 0 Å². The Morgan fingerprint density at radius 1 is 1.19 bits per heavy atom. The fourth-order valence-electron chi connectivity index (χ4n) is 2.71. The van der Waals surface area contributed by atoms with Crippen LogP contribution in [0.3, 0.4) is 0 Å². The third-order valence-electron chi connectivity index (χ3n) is 4.02. The minimum atomic E-state index is -3.34. The summed E-state index contributed by atoms with van der Waals surface area (Å²) in [5.41, 5.74) is 0. The van der Waals surface area contributed by atoms with Gasteiger partial charge in [-0.1, -0.05) is 0 Å². The van der Waals surface area contributed by atoms with Gasteiger partial charge in [-0.2, -0.15) is 9.97 Å². The lowest BCUT2D eigenvalue weighted by atomic mass is 10.3. The monoisotopic (exact) mass is 383 g/mol. The number of nitrogens with zero attached hydrogens (tertiary/aromatic N) is 7. The fraction of sp³-hybridized carbons (Fsp3) is 0.714. The Balaban J connectivity index is 1.74. The van der Waals surface area contributed by atoms with Crippen LogP contribution in [0.4, 0.5) is 11.9 Å². The van der Waals surface area contributed by atoms with Gasteiger partial charge >= 0.3 is 0 Å². The molecule has 144 valence electrons. The minimum absolute atomic E-state index is 0.0529. The lowest BCUT2D eigenvalue weighted by molar-refractivity contribution is 0.311. The largest absolute Gasteiger partial charge is 0.354 e. The molecule has 1 aliphatic rings. The minimum Gasteiger partial charge on any atom is -0.354 e. The van der Waals surface area contributed by atoms with Crippen molar-refractivity contribution in [3.05, 3.63) is 6.33 Å². The van der Waals surface area contributed by atoms with Gasteiger partial charge in [0.1, 0.15) is 6.33 Å². The Hall–Kier alpha value is -2.05. The second kappa shape index (κ2) is 7.68. The van der Waals surface area contributed by atoms with Crippen LogP contribution in [0.1, 0.15) is 13.8 Å². The normalized spacial score (nSPS) is 16.5. The molecule has 1 aliphatic heterocycles. The first-order valence-corrected chi connectivity index (χ1v) is 10.2. The van der Waals surface area contributed by atoms with Gasteiger partial charge in [0, 0.05) is 38.8 Å². The Morgan fingerprint density at radius 2 is 1.92 bits per heavy atom. The van der Waals surface area contributed by atoms with E-state index in [4.69, 9.17) is 0 Å². The molecule has 1 fully saturated rings. The SMILES string of the molecule is CC(C)NS(=O)(=O)CCNc1nc(N2CCN(C)CC2)nc2nncn12. The van der Waals surface area contributed by atoms with Gasteiger partial charge in [-0.3, -0.25) is 0 Å². The van der Waals surface area contributed by atoms with Crippen molar-refractivity contribution >= 4 is 27.7 Å². The molecule has 26 heavy (non-hydrogen) atoms. The number of hydrogen-bond acceptors (Lipinski definition) is 9. The van der Waals surface area contributed by atoms with Gasteiger partial charge in [0.25, 0.3) is 5.78 Å². The molecule has 0 amide bonds. The zero-order valence-corrected chi connectivity index (χ0v) is 16.1. The van der Waals surface area contributed by atoms with E-state index < -0.39 is 10.0 Å². The molecule has 12 heteroatoms. The summed E-state index contributed by atoms with van der Waals surface area (Å²) < 4.78 is 28.1. The highest BCUT2D eigenvalue weighted by molar-refractivity contribution is 7.89. The number of aromatic nitrogens is 5. The van der Waals surface area contributed by atoms with E-state index in [1.165, 1.54) is 6.33 Å². The van der Waals surface area contributed by atoms with E-state index in [1.54, 1.807) is 18.2 Å². The van der Waals surface area contributed by atoms with Crippen LogP contribution in [0, 0.1) is 0 Å². The fourth-order valence-corrected chi connectivity index (χ4v) is 3.91. The van der Waals surface area contributed by atoms with E-state index in [1.807, 2.05) is 0 Å². The predicted octanol–water partition coefficient (Wildman–Crippen LogP) is -0.989. The molecule has 11 nitrogen and oxygen atoms in total. The van der Waals surface area contributed by atoms with Crippen LogP contribution in [0.15, 0.2) is 6.33 Å². The van der Waals surface area contributed by atoms with E-state index in [2.05, 4.69) is 47.1 Å². The highest BCUT2D eigenvalue weighted by Crippen LogP contribution is 2.15. The Morgan fingerprint density at radius 3 is 2.62 bits per heavy atom. The first-order chi connectivity index (χ1) is 12.3. The molecular weight excluding hydrogens is 358 g/mol. The molecule has 0 aliphatic carbocycles.